The number of hydrogen-bond donors (Lipinski definition) is 1. The Morgan fingerprint density at radius 1 is 1.00 bits per heavy atom. The molecule has 2 N–H and O–H groups in total. The predicted molar refractivity (Wildman–Crippen MR) is 74.9 cm³/mol. The van der Waals surface area contributed by atoms with E-state index in [1.165, 1.54) is 11.1 Å². The van der Waals surface area contributed by atoms with Gasteiger partial charge in [0.15, 0.2) is 0 Å². The van der Waals surface area contributed by atoms with Crippen LogP contribution in [0.4, 0.5) is 0 Å². The highest BCUT2D eigenvalue weighted by molar-refractivity contribution is 7.80. The van der Waals surface area contributed by atoms with E-state index in [4.69, 9.17) is 18.0 Å². The first-order valence-corrected chi connectivity index (χ1v) is 6.23. The maximum Gasteiger partial charge on any atom is 0.0761 e. The Labute approximate surface area is 104 Å². The highest BCUT2D eigenvalue weighted by Gasteiger charge is 2.16. The number of benzene rings is 1. The minimum absolute atomic E-state index is 0.250. The topological polar surface area (TPSA) is 26.0 Å². The molecule has 0 aromatic heterocycles. The van der Waals surface area contributed by atoms with Gasteiger partial charge in [-0.15, -0.1) is 0 Å². The molecule has 0 bridgehead atoms. The maximum atomic E-state index is 5.68. The van der Waals surface area contributed by atoms with Crippen LogP contribution in [0, 0.1) is 5.92 Å². The number of hydrogen-bond acceptors (Lipinski definition) is 1. The standard InChI is InChI=1S/C14H21NS/c1-9(2)12-5-7-13(8-6-12)10(3)11(4)14(15)16/h5-11H,1-4H3,(H2,15,16). The van der Waals surface area contributed by atoms with Gasteiger partial charge >= 0.3 is 0 Å². The molecule has 0 heterocycles. The van der Waals surface area contributed by atoms with Crippen molar-refractivity contribution in [3.05, 3.63) is 35.4 Å². The van der Waals surface area contributed by atoms with Crippen molar-refractivity contribution < 1.29 is 0 Å². The van der Waals surface area contributed by atoms with Crippen molar-refractivity contribution in [3.8, 4) is 0 Å². The summed E-state index contributed by atoms with van der Waals surface area (Å²) in [6.07, 6.45) is 0. The molecule has 2 heteroatoms. The largest absolute Gasteiger partial charge is 0.393 e. The van der Waals surface area contributed by atoms with E-state index in [0.717, 1.165) is 0 Å². The zero-order valence-corrected chi connectivity index (χ0v) is 11.3. The third kappa shape index (κ3) is 3.05. The first kappa shape index (κ1) is 13.2. The summed E-state index contributed by atoms with van der Waals surface area (Å²) in [5.74, 6) is 1.22. The van der Waals surface area contributed by atoms with Gasteiger partial charge in [0.25, 0.3) is 0 Å². The van der Waals surface area contributed by atoms with E-state index in [-0.39, 0.29) is 5.92 Å². The first-order valence-electron chi connectivity index (χ1n) is 5.82. The summed E-state index contributed by atoms with van der Waals surface area (Å²) in [4.78, 5) is 0.598. The zero-order valence-electron chi connectivity index (χ0n) is 10.5. The summed E-state index contributed by atoms with van der Waals surface area (Å²) in [6, 6.07) is 8.77. The van der Waals surface area contributed by atoms with Gasteiger partial charge in [0, 0.05) is 5.92 Å². The molecule has 16 heavy (non-hydrogen) atoms. The molecule has 0 fully saturated rings. The molecule has 0 aliphatic heterocycles. The van der Waals surface area contributed by atoms with Gasteiger partial charge in [-0.1, -0.05) is 64.2 Å². The predicted octanol–water partition coefficient (Wildman–Crippen LogP) is 3.84. The Morgan fingerprint density at radius 3 is 1.81 bits per heavy atom. The fraction of sp³-hybridized carbons (Fsp3) is 0.500. The fourth-order valence-corrected chi connectivity index (χ4v) is 1.92. The van der Waals surface area contributed by atoms with Crippen LogP contribution >= 0.6 is 12.2 Å². The van der Waals surface area contributed by atoms with E-state index in [9.17, 15) is 0 Å². The van der Waals surface area contributed by atoms with Crippen molar-refractivity contribution in [2.45, 2.75) is 39.5 Å². The Bertz CT molecular complexity index is 354. The average molecular weight is 235 g/mol. The summed E-state index contributed by atoms with van der Waals surface area (Å²) in [6.45, 7) is 8.67. The Hall–Kier alpha value is -0.890. The van der Waals surface area contributed by atoms with Gasteiger partial charge in [0.1, 0.15) is 0 Å². The fourth-order valence-electron chi connectivity index (χ4n) is 1.72. The van der Waals surface area contributed by atoms with Crippen LogP contribution in [-0.4, -0.2) is 4.99 Å². The Kier molecular flexibility index (Phi) is 4.48. The average Bonchev–Trinajstić information content (AvgIpc) is 2.27. The quantitative estimate of drug-likeness (QED) is 0.803. The molecule has 0 saturated heterocycles. The van der Waals surface area contributed by atoms with Gasteiger partial charge in [-0.25, -0.2) is 0 Å². The SMILES string of the molecule is CC(C)c1ccc(C(C)C(C)C(N)=S)cc1. The smallest absolute Gasteiger partial charge is 0.0761 e. The van der Waals surface area contributed by atoms with E-state index < -0.39 is 0 Å². The van der Waals surface area contributed by atoms with Crippen LogP contribution in [0.25, 0.3) is 0 Å². The van der Waals surface area contributed by atoms with E-state index in [0.29, 0.717) is 16.8 Å². The second-order valence-corrected chi connectivity index (χ2v) is 5.27. The van der Waals surface area contributed by atoms with E-state index >= 15 is 0 Å². The molecular formula is C14H21NS. The van der Waals surface area contributed by atoms with Gasteiger partial charge < -0.3 is 5.73 Å². The van der Waals surface area contributed by atoms with Crippen molar-refractivity contribution in [1.29, 1.82) is 0 Å². The molecule has 0 aliphatic carbocycles. The van der Waals surface area contributed by atoms with Gasteiger partial charge in [0.2, 0.25) is 0 Å². The lowest BCUT2D eigenvalue weighted by molar-refractivity contribution is 0.626. The van der Waals surface area contributed by atoms with E-state index in [1.54, 1.807) is 0 Å². The highest BCUT2D eigenvalue weighted by Crippen LogP contribution is 2.25. The van der Waals surface area contributed by atoms with Crippen LogP contribution in [0.3, 0.4) is 0 Å². The minimum atomic E-state index is 0.250. The number of thiocarbonyl (C=S) groups is 1. The van der Waals surface area contributed by atoms with Gasteiger partial charge in [-0.05, 0) is 23.0 Å². The number of nitrogens with two attached hydrogens (primary N) is 1. The van der Waals surface area contributed by atoms with Gasteiger partial charge in [-0.2, -0.15) is 0 Å². The third-order valence-corrected chi connectivity index (χ3v) is 3.70. The molecule has 0 radical (unpaired) electrons. The van der Waals surface area contributed by atoms with Crippen LogP contribution in [0.15, 0.2) is 24.3 Å². The van der Waals surface area contributed by atoms with Crippen molar-refractivity contribution in [1.82, 2.24) is 0 Å². The summed E-state index contributed by atoms with van der Waals surface area (Å²) >= 11 is 5.04. The molecule has 0 saturated carbocycles. The zero-order chi connectivity index (χ0) is 12.3. The van der Waals surface area contributed by atoms with Gasteiger partial charge in [-0.3, -0.25) is 0 Å². The number of rotatable bonds is 4. The third-order valence-electron chi connectivity index (χ3n) is 3.33. The highest BCUT2D eigenvalue weighted by atomic mass is 32.1. The minimum Gasteiger partial charge on any atom is -0.393 e. The first-order chi connectivity index (χ1) is 7.43. The molecule has 0 spiro atoms. The van der Waals surface area contributed by atoms with Crippen molar-refractivity contribution in [2.24, 2.45) is 11.7 Å². The lowest BCUT2D eigenvalue weighted by Crippen LogP contribution is -2.23. The van der Waals surface area contributed by atoms with Crippen molar-refractivity contribution in [2.75, 3.05) is 0 Å². The molecule has 2 unspecified atom stereocenters. The molecule has 2 atom stereocenters. The summed E-state index contributed by atoms with van der Waals surface area (Å²) in [5, 5.41) is 0. The van der Waals surface area contributed by atoms with Crippen LogP contribution in [0.2, 0.25) is 0 Å². The normalized spacial score (nSPS) is 14.8. The van der Waals surface area contributed by atoms with E-state index in [1.807, 2.05) is 0 Å². The van der Waals surface area contributed by atoms with Crippen LogP contribution < -0.4 is 5.73 Å². The Morgan fingerprint density at radius 2 is 1.44 bits per heavy atom. The molecule has 1 aromatic rings. The molecule has 1 rings (SSSR count). The van der Waals surface area contributed by atoms with E-state index in [2.05, 4.69) is 52.0 Å². The second-order valence-electron chi connectivity index (χ2n) is 4.80. The Balaban J connectivity index is 2.85. The molecule has 88 valence electrons. The van der Waals surface area contributed by atoms with Crippen LogP contribution in [0.5, 0.6) is 0 Å². The summed E-state index contributed by atoms with van der Waals surface area (Å²) in [5.41, 5.74) is 8.37. The molecule has 1 aromatic carbocycles. The molecule has 1 nitrogen and oxygen atoms in total. The molecule has 0 amide bonds. The summed E-state index contributed by atoms with van der Waals surface area (Å²) in [7, 11) is 0. The van der Waals surface area contributed by atoms with Crippen molar-refractivity contribution in [3.63, 3.8) is 0 Å². The maximum absolute atomic E-state index is 5.68. The second kappa shape index (κ2) is 5.44. The van der Waals surface area contributed by atoms with Gasteiger partial charge in [0.05, 0.1) is 4.99 Å². The molecule has 0 aliphatic rings. The van der Waals surface area contributed by atoms with Crippen molar-refractivity contribution >= 4 is 17.2 Å². The van der Waals surface area contributed by atoms with Crippen LogP contribution in [0.1, 0.15) is 50.7 Å². The monoisotopic (exact) mass is 235 g/mol. The summed E-state index contributed by atoms with van der Waals surface area (Å²) < 4.78 is 0. The van der Waals surface area contributed by atoms with Crippen LogP contribution in [-0.2, 0) is 0 Å². The lowest BCUT2D eigenvalue weighted by atomic mass is 9.88. The molecular weight excluding hydrogens is 214 g/mol. The lowest BCUT2D eigenvalue weighted by Gasteiger charge is -2.19.